The van der Waals surface area contributed by atoms with Crippen molar-refractivity contribution in [2.45, 2.75) is 26.9 Å². The minimum absolute atomic E-state index is 0.0607. The first-order chi connectivity index (χ1) is 9.99. The maximum atomic E-state index is 13.4. The fraction of sp³-hybridized carbons (Fsp3) is 0.357. The summed E-state index contributed by atoms with van der Waals surface area (Å²) in [5.41, 5.74) is 6.33. The van der Waals surface area contributed by atoms with E-state index in [0.717, 1.165) is 0 Å². The predicted octanol–water partition coefficient (Wildman–Crippen LogP) is 2.54. The quantitative estimate of drug-likeness (QED) is 0.912. The lowest BCUT2D eigenvalue weighted by atomic mass is 10.3. The van der Waals surface area contributed by atoms with E-state index >= 15 is 0 Å². The molecule has 1 heterocycles. The smallest absolute Gasteiger partial charge is 0.323 e. The van der Waals surface area contributed by atoms with Crippen molar-refractivity contribution in [2.75, 3.05) is 17.2 Å². The van der Waals surface area contributed by atoms with Crippen molar-refractivity contribution >= 4 is 17.6 Å². The Morgan fingerprint density at radius 3 is 2.67 bits per heavy atom. The van der Waals surface area contributed by atoms with Gasteiger partial charge in [0.05, 0.1) is 6.10 Å². The zero-order valence-electron chi connectivity index (χ0n) is 12.2. The maximum absolute atomic E-state index is 13.4. The molecule has 1 aromatic carbocycles. The SMILES string of the molecule is CCN(c1cccc(F)c1)c1nc(N)nc(OC(C)C)n1. The van der Waals surface area contributed by atoms with Gasteiger partial charge >= 0.3 is 6.01 Å². The summed E-state index contributed by atoms with van der Waals surface area (Å²) < 4.78 is 18.8. The molecular formula is C14H18FN5O. The zero-order valence-corrected chi connectivity index (χ0v) is 12.2. The fourth-order valence-corrected chi connectivity index (χ4v) is 1.83. The molecule has 0 saturated heterocycles. The minimum Gasteiger partial charge on any atom is -0.461 e. The van der Waals surface area contributed by atoms with Crippen LogP contribution in [-0.2, 0) is 0 Å². The molecule has 0 aliphatic carbocycles. The molecule has 112 valence electrons. The number of benzene rings is 1. The van der Waals surface area contributed by atoms with Crippen molar-refractivity contribution < 1.29 is 9.13 Å². The van der Waals surface area contributed by atoms with Gasteiger partial charge in [-0.1, -0.05) is 6.07 Å². The van der Waals surface area contributed by atoms with Crippen molar-refractivity contribution in [3.8, 4) is 6.01 Å². The number of hydrogen-bond acceptors (Lipinski definition) is 6. The van der Waals surface area contributed by atoms with Crippen molar-refractivity contribution in [1.29, 1.82) is 0 Å². The first-order valence-electron chi connectivity index (χ1n) is 6.71. The molecule has 0 fully saturated rings. The second-order valence-electron chi connectivity index (χ2n) is 4.67. The number of rotatable bonds is 5. The van der Waals surface area contributed by atoms with E-state index in [2.05, 4.69) is 15.0 Å². The molecule has 2 aromatic rings. The Balaban J connectivity index is 2.40. The van der Waals surface area contributed by atoms with E-state index in [4.69, 9.17) is 10.5 Å². The molecule has 0 saturated carbocycles. The van der Waals surface area contributed by atoms with Crippen molar-refractivity contribution in [3.05, 3.63) is 30.1 Å². The lowest BCUT2D eigenvalue weighted by molar-refractivity contribution is 0.222. The first kappa shape index (κ1) is 15.0. The lowest BCUT2D eigenvalue weighted by Crippen LogP contribution is -2.21. The largest absolute Gasteiger partial charge is 0.461 e. The van der Waals surface area contributed by atoms with Crippen LogP contribution in [0.3, 0.4) is 0 Å². The summed E-state index contributed by atoms with van der Waals surface area (Å²) in [4.78, 5) is 14.0. The molecule has 7 heteroatoms. The summed E-state index contributed by atoms with van der Waals surface area (Å²) in [5.74, 6) is 0.0587. The minimum atomic E-state index is -0.327. The molecule has 0 radical (unpaired) electrons. The number of hydrogen-bond donors (Lipinski definition) is 1. The first-order valence-corrected chi connectivity index (χ1v) is 6.71. The zero-order chi connectivity index (χ0) is 15.4. The van der Waals surface area contributed by atoms with Gasteiger partial charge in [-0.3, -0.25) is 0 Å². The van der Waals surface area contributed by atoms with Crippen LogP contribution in [0.25, 0.3) is 0 Å². The fourth-order valence-electron chi connectivity index (χ4n) is 1.83. The molecule has 1 aromatic heterocycles. The predicted molar refractivity (Wildman–Crippen MR) is 79.1 cm³/mol. The molecule has 0 atom stereocenters. The van der Waals surface area contributed by atoms with Crippen LogP contribution in [-0.4, -0.2) is 27.6 Å². The average Bonchev–Trinajstić information content (AvgIpc) is 2.38. The van der Waals surface area contributed by atoms with Gasteiger partial charge in [-0.2, -0.15) is 15.0 Å². The Morgan fingerprint density at radius 1 is 1.29 bits per heavy atom. The monoisotopic (exact) mass is 291 g/mol. The van der Waals surface area contributed by atoms with Crippen LogP contribution in [0.4, 0.5) is 22.0 Å². The van der Waals surface area contributed by atoms with E-state index < -0.39 is 0 Å². The Bertz CT molecular complexity index is 620. The average molecular weight is 291 g/mol. The number of nitrogen functional groups attached to an aromatic ring is 1. The molecule has 0 spiro atoms. The summed E-state index contributed by atoms with van der Waals surface area (Å²) in [6.45, 7) is 6.19. The van der Waals surface area contributed by atoms with E-state index in [0.29, 0.717) is 18.2 Å². The van der Waals surface area contributed by atoms with Gasteiger partial charge in [0.15, 0.2) is 0 Å². The van der Waals surface area contributed by atoms with Crippen LogP contribution in [0.15, 0.2) is 24.3 Å². The van der Waals surface area contributed by atoms with Crippen LogP contribution in [0.2, 0.25) is 0 Å². The summed E-state index contributed by atoms with van der Waals surface area (Å²) >= 11 is 0. The number of ether oxygens (including phenoxy) is 1. The summed E-state index contributed by atoms with van der Waals surface area (Å²) in [6.07, 6.45) is -0.0797. The Hall–Kier alpha value is -2.44. The molecular weight excluding hydrogens is 273 g/mol. The van der Waals surface area contributed by atoms with Crippen LogP contribution >= 0.6 is 0 Å². The highest BCUT2D eigenvalue weighted by Gasteiger charge is 2.15. The van der Waals surface area contributed by atoms with Gasteiger partial charge in [0.1, 0.15) is 5.82 Å². The van der Waals surface area contributed by atoms with Crippen LogP contribution in [0, 0.1) is 5.82 Å². The summed E-state index contributed by atoms with van der Waals surface area (Å²) in [6, 6.07) is 6.35. The molecule has 6 nitrogen and oxygen atoms in total. The molecule has 0 unspecified atom stereocenters. The van der Waals surface area contributed by atoms with E-state index in [-0.39, 0.29) is 23.9 Å². The second-order valence-corrected chi connectivity index (χ2v) is 4.67. The maximum Gasteiger partial charge on any atom is 0.323 e. The van der Waals surface area contributed by atoms with E-state index in [9.17, 15) is 4.39 Å². The van der Waals surface area contributed by atoms with E-state index in [1.54, 1.807) is 17.0 Å². The van der Waals surface area contributed by atoms with Crippen molar-refractivity contribution in [2.24, 2.45) is 0 Å². The van der Waals surface area contributed by atoms with Gasteiger partial charge in [-0.15, -0.1) is 0 Å². The van der Waals surface area contributed by atoms with Crippen LogP contribution in [0.5, 0.6) is 6.01 Å². The van der Waals surface area contributed by atoms with Gasteiger partial charge in [-0.05, 0) is 39.0 Å². The third kappa shape index (κ3) is 3.77. The highest BCUT2D eigenvalue weighted by molar-refractivity contribution is 5.57. The Kier molecular flexibility index (Phi) is 4.52. The third-order valence-corrected chi connectivity index (χ3v) is 2.64. The number of anilines is 3. The van der Waals surface area contributed by atoms with E-state index in [1.165, 1.54) is 12.1 Å². The third-order valence-electron chi connectivity index (χ3n) is 2.64. The standard InChI is InChI=1S/C14H18FN5O/c1-4-20(11-7-5-6-10(15)8-11)13-17-12(16)18-14(19-13)21-9(2)3/h5-9H,4H2,1-3H3,(H2,16,17,18,19). The lowest BCUT2D eigenvalue weighted by Gasteiger charge is -2.21. The topological polar surface area (TPSA) is 77.2 Å². The van der Waals surface area contributed by atoms with Crippen LogP contribution < -0.4 is 15.4 Å². The second kappa shape index (κ2) is 6.34. The summed E-state index contributed by atoms with van der Waals surface area (Å²) in [7, 11) is 0. The molecule has 0 aliphatic heterocycles. The molecule has 2 N–H and O–H groups in total. The van der Waals surface area contributed by atoms with Gasteiger partial charge < -0.3 is 15.4 Å². The Labute approximate surface area is 122 Å². The van der Waals surface area contributed by atoms with E-state index in [1.807, 2.05) is 20.8 Å². The van der Waals surface area contributed by atoms with Gasteiger partial charge in [0.2, 0.25) is 11.9 Å². The summed E-state index contributed by atoms with van der Waals surface area (Å²) in [5, 5.41) is 0. The normalized spacial score (nSPS) is 10.7. The van der Waals surface area contributed by atoms with Gasteiger partial charge in [0.25, 0.3) is 0 Å². The van der Waals surface area contributed by atoms with Crippen molar-refractivity contribution in [3.63, 3.8) is 0 Å². The highest BCUT2D eigenvalue weighted by Crippen LogP contribution is 2.24. The molecule has 0 bridgehead atoms. The number of aromatic nitrogens is 3. The van der Waals surface area contributed by atoms with Crippen molar-refractivity contribution in [1.82, 2.24) is 15.0 Å². The van der Waals surface area contributed by atoms with Crippen LogP contribution in [0.1, 0.15) is 20.8 Å². The van der Waals surface area contributed by atoms with Gasteiger partial charge in [-0.25, -0.2) is 4.39 Å². The molecule has 21 heavy (non-hydrogen) atoms. The number of nitrogens with zero attached hydrogens (tertiary/aromatic N) is 4. The Morgan fingerprint density at radius 2 is 2.05 bits per heavy atom. The molecule has 2 rings (SSSR count). The molecule has 0 aliphatic rings. The molecule has 0 amide bonds. The number of nitrogens with two attached hydrogens (primary N) is 1. The highest BCUT2D eigenvalue weighted by atomic mass is 19.1. The van der Waals surface area contributed by atoms with Gasteiger partial charge in [0, 0.05) is 12.2 Å². The number of halogens is 1.